The molecular weight excluding hydrogens is 324 g/mol. The Bertz CT molecular complexity index is 798. The quantitative estimate of drug-likeness (QED) is 0.729. The number of nitrogens with one attached hydrogen (secondary N) is 2. The van der Waals surface area contributed by atoms with E-state index in [1.54, 1.807) is 12.1 Å². The van der Waals surface area contributed by atoms with Crippen LogP contribution in [0.1, 0.15) is 30.7 Å². The molecule has 7 heteroatoms. The van der Waals surface area contributed by atoms with E-state index < -0.39 is 0 Å². The van der Waals surface area contributed by atoms with E-state index in [9.17, 15) is 9.90 Å². The Balaban J connectivity index is 2.48. The van der Waals surface area contributed by atoms with Crippen molar-refractivity contribution in [3.8, 4) is 11.5 Å². The van der Waals surface area contributed by atoms with Crippen molar-refractivity contribution >= 4 is 23.8 Å². The molecule has 2 rings (SSSR count). The van der Waals surface area contributed by atoms with E-state index in [-0.39, 0.29) is 16.3 Å². The molecule has 0 bridgehead atoms. The molecule has 5 nitrogen and oxygen atoms in total. The van der Waals surface area contributed by atoms with Gasteiger partial charge in [-0.05, 0) is 43.3 Å². The number of aromatic nitrogens is 2. The molecule has 0 atom stereocenters. The van der Waals surface area contributed by atoms with Crippen molar-refractivity contribution in [2.24, 2.45) is 0 Å². The minimum absolute atomic E-state index is 0.0932. The fourth-order valence-electron chi connectivity index (χ4n) is 2.25. The predicted molar refractivity (Wildman–Crippen MR) is 88.7 cm³/mol. The Hall–Kier alpha value is -1.79. The fourth-order valence-corrected chi connectivity index (χ4v) is 2.70. The highest BCUT2D eigenvalue weighted by Crippen LogP contribution is 2.35. The van der Waals surface area contributed by atoms with Crippen LogP contribution in [0, 0.1) is 4.77 Å². The second-order valence-electron chi connectivity index (χ2n) is 4.75. The van der Waals surface area contributed by atoms with E-state index in [1.165, 1.54) is 0 Å². The molecule has 1 aromatic carbocycles. The number of aromatic hydroxyl groups is 1. The smallest absolute Gasteiger partial charge is 0.255 e. The lowest BCUT2D eigenvalue weighted by atomic mass is 10.0. The van der Waals surface area contributed by atoms with Gasteiger partial charge in [0.2, 0.25) is 0 Å². The number of ether oxygens (including phenoxy) is 1. The van der Waals surface area contributed by atoms with Gasteiger partial charge < -0.3 is 14.8 Å². The number of benzene rings is 1. The van der Waals surface area contributed by atoms with Gasteiger partial charge >= 0.3 is 0 Å². The van der Waals surface area contributed by atoms with Crippen LogP contribution in [0.15, 0.2) is 16.9 Å². The van der Waals surface area contributed by atoms with Gasteiger partial charge in [0.15, 0.2) is 16.3 Å². The highest BCUT2D eigenvalue weighted by molar-refractivity contribution is 7.71. The number of H-pyrrole nitrogens is 2. The van der Waals surface area contributed by atoms with Crippen molar-refractivity contribution in [2.75, 3.05) is 6.61 Å². The van der Waals surface area contributed by atoms with Gasteiger partial charge in [0.25, 0.3) is 5.56 Å². The zero-order chi connectivity index (χ0) is 16.3. The van der Waals surface area contributed by atoms with Gasteiger partial charge in [0.1, 0.15) is 0 Å². The van der Waals surface area contributed by atoms with E-state index >= 15 is 0 Å². The van der Waals surface area contributed by atoms with Crippen molar-refractivity contribution in [3.05, 3.63) is 49.1 Å². The van der Waals surface area contributed by atoms with Crippen LogP contribution in [-0.4, -0.2) is 21.7 Å². The first-order valence-corrected chi connectivity index (χ1v) is 7.73. The van der Waals surface area contributed by atoms with Crippen molar-refractivity contribution in [2.45, 2.75) is 26.7 Å². The maximum absolute atomic E-state index is 12.1. The Morgan fingerprint density at radius 3 is 2.68 bits per heavy atom. The van der Waals surface area contributed by atoms with Gasteiger partial charge in [-0.25, -0.2) is 0 Å². The molecule has 3 N–H and O–H groups in total. The summed E-state index contributed by atoms with van der Waals surface area (Å²) in [6.07, 6.45) is 1.03. The third kappa shape index (κ3) is 3.51. The second-order valence-corrected chi connectivity index (χ2v) is 5.57. The highest BCUT2D eigenvalue weighted by Gasteiger charge is 2.13. The topological polar surface area (TPSA) is 78.1 Å². The van der Waals surface area contributed by atoms with Gasteiger partial charge in [-0.3, -0.25) is 9.78 Å². The van der Waals surface area contributed by atoms with Crippen LogP contribution in [-0.2, 0) is 12.8 Å². The van der Waals surface area contributed by atoms with Crippen molar-refractivity contribution in [1.29, 1.82) is 0 Å². The lowest BCUT2D eigenvalue weighted by molar-refractivity contribution is 0.318. The number of rotatable bonds is 5. The first-order chi connectivity index (χ1) is 10.5. The Morgan fingerprint density at radius 2 is 2.05 bits per heavy atom. The molecule has 118 valence electrons. The maximum Gasteiger partial charge on any atom is 0.255 e. The summed E-state index contributed by atoms with van der Waals surface area (Å²) in [7, 11) is 0. The molecule has 0 aliphatic carbocycles. The van der Waals surface area contributed by atoms with Gasteiger partial charge in [0, 0.05) is 17.7 Å². The van der Waals surface area contributed by atoms with Crippen LogP contribution >= 0.6 is 23.8 Å². The first kappa shape index (κ1) is 16.6. The van der Waals surface area contributed by atoms with Gasteiger partial charge in [-0.15, -0.1) is 0 Å². The molecule has 0 spiro atoms. The molecule has 0 radical (unpaired) electrons. The number of aromatic amines is 2. The van der Waals surface area contributed by atoms with Gasteiger partial charge in [0.05, 0.1) is 11.6 Å². The average Bonchev–Trinajstić information content (AvgIpc) is 2.46. The third-order valence-electron chi connectivity index (χ3n) is 3.25. The van der Waals surface area contributed by atoms with Crippen LogP contribution in [0.5, 0.6) is 11.5 Å². The van der Waals surface area contributed by atoms with Crippen LogP contribution < -0.4 is 10.3 Å². The molecule has 2 aromatic rings. The van der Waals surface area contributed by atoms with Crippen LogP contribution in [0.4, 0.5) is 0 Å². The summed E-state index contributed by atoms with van der Waals surface area (Å²) in [5.74, 6) is 0.215. The summed E-state index contributed by atoms with van der Waals surface area (Å²) in [6.45, 7) is 4.17. The monoisotopic (exact) mass is 340 g/mol. The summed E-state index contributed by atoms with van der Waals surface area (Å²) < 4.78 is 5.67. The van der Waals surface area contributed by atoms with Crippen molar-refractivity contribution < 1.29 is 9.84 Å². The molecule has 0 amide bonds. The average molecular weight is 341 g/mol. The summed E-state index contributed by atoms with van der Waals surface area (Å²) in [4.78, 5) is 17.7. The molecule has 22 heavy (non-hydrogen) atoms. The summed E-state index contributed by atoms with van der Waals surface area (Å²) in [5.41, 5.74) is 1.94. The van der Waals surface area contributed by atoms with Crippen molar-refractivity contribution in [1.82, 2.24) is 9.97 Å². The predicted octanol–water partition coefficient (Wildman–Crippen LogP) is 3.34. The first-order valence-electron chi connectivity index (χ1n) is 6.94. The molecule has 0 aliphatic rings. The van der Waals surface area contributed by atoms with E-state index in [1.807, 2.05) is 13.8 Å². The number of phenolic OH excluding ortho intramolecular Hbond substituents is 1. The Labute approximate surface area is 137 Å². The molecule has 0 aliphatic heterocycles. The zero-order valence-corrected chi connectivity index (χ0v) is 13.9. The van der Waals surface area contributed by atoms with Crippen LogP contribution in [0.25, 0.3) is 0 Å². The van der Waals surface area contributed by atoms with E-state index in [0.717, 1.165) is 11.3 Å². The number of hydrogen-bond donors (Lipinski definition) is 3. The SMILES string of the molecule is CCOc1cc(Cc2c(CC)[nH]c(=S)[nH]c2=O)cc(Cl)c1O. The molecular formula is C15H17ClN2O3S. The zero-order valence-electron chi connectivity index (χ0n) is 12.3. The van der Waals surface area contributed by atoms with Gasteiger partial charge in [-0.2, -0.15) is 0 Å². The number of halogens is 1. The molecule has 0 saturated carbocycles. The normalized spacial score (nSPS) is 10.7. The van der Waals surface area contributed by atoms with E-state index in [0.29, 0.717) is 35.5 Å². The molecule has 1 heterocycles. The second kappa shape index (κ2) is 6.98. The lowest BCUT2D eigenvalue weighted by Gasteiger charge is -2.11. The summed E-state index contributed by atoms with van der Waals surface area (Å²) >= 11 is 11.0. The van der Waals surface area contributed by atoms with Gasteiger partial charge in [-0.1, -0.05) is 18.5 Å². The summed E-state index contributed by atoms with van der Waals surface area (Å²) in [5, 5.41) is 10.1. The van der Waals surface area contributed by atoms with E-state index in [2.05, 4.69) is 9.97 Å². The number of hydrogen-bond acceptors (Lipinski definition) is 4. The van der Waals surface area contributed by atoms with Crippen LogP contribution in [0.3, 0.4) is 0 Å². The highest BCUT2D eigenvalue weighted by atomic mass is 35.5. The number of aryl methyl sites for hydroxylation is 1. The maximum atomic E-state index is 12.1. The van der Waals surface area contributed by atoms with Crippen LogP contribution in [0.2, 0.25) is 5.02 Å². The lowest BCUT2D eigenvalue weighted by Crippen LogP contribution is -2.18. The minimum Gasteiger partial charge on any atom is -0.503 e. The Kier molecular flexibility index (Phi) is 5.26. The fraction of sp³-hybridized carbons (Fsp3) is 0.333. The number of phenols is 1. The third-order valence-corrected chi connectivity index (χ3v) is 3.74. The largest absolute Gasteiger partial charge is 0.503 e. The molecule has 0 saturated heterocycles. The molecule has 0 fully saturated rings. The van der Waals surface area contributed by atoms with E-state index in [4.69, 9.17) is 28.6 Å². The summed E-state index contributed by atoms with van der Waals surface area (Å²) in [6, 6.07) is 3.31. The van der Waals surface area contributed by atoms with Crippen molar-refractivity contribution in [3.63, 3.8) is 0 Å². The Morgan fingerprint density at radius 1 is 1.32 bits per heavy atom. The molecule has 0 unspecified atom stereocenters. The minimum atomic E-state index is -0.220. The molecule has 1 aromatic heterocycles. The standard InChI is InChI=1S/C15H17ClN2O3S/c1-3-11-9(14(20)18-15(22)17-11)5-8-6-10(16)13(19)12(7-8)21-4-2/h6-7,19H,3-5H2,1-2H3,(H2,17,18,20,22).